The van der Waals surface area contributed by atoms with Crippen molar-refractivity contribution in [3.05, 3.63) is 30.3 Å². The normalized spacial score (nSPS) is 27.2. The van der Waals surface area contributed by atoms with Gasteiger partial charge in [-0.05, 0) is 51.5 Å². The second-order valence-electron chi connectivity index (χ2n) is 7.67. The quantitative estimate of drug-likeness (QED) is 0.913. The maximum Gasteiger partial charge on any atom is 0.228 e. The molecule has 1 N–H and O–H groups in total. The van der Waals surface area contributed by atoms with Gasteiger partial charge in [-0.1, -0.05) is 25.1 Å². The van der Waals surface area contributed by atoms with Crippen LogP contribution in [-0.4, -0.2) is 66.2 Å². The Labute approximate surface area is 144 Å². The summed E-state index contributed by atoms with van der Waals surface area (Å²) >= 11 is 0. The number of benzene rings is 1. The molecule has 2 saturated heterocycles. The maximum absolute atomic E-state index is 12.9. The predicted octanol–water partition coefficient (Wildman–Crippen LogP) is 1.76. The number of carbonyl (C=O) groups excluding carboxylic acids is 1. The summed E-state index contributed by atoms with van der Waals surface area (Å²) in [6.45, 7) is 5.18. The zero-order valence-electron chi connectivity index (χ0n) is 14.7. The minimum absolute atomic E-state index is 0.186. The Balaban J connectivity index is 1.57. The zero-order chi connectivity index (χ0) is 17.2. The van der Waals surface area contributed by atoms with Crippen LogP contribution in [0.5, 0.6) is 5.75 Å². The molecule has 2 fully saturated rings. The molecule has 24 heavy (non-hydrogen) atoms. The van der Waals surface area contributed by atoms with Gasteiger partial charge in [-0.15, -0.1) is 0 Å². The smallest absolute Gasteiger partial charge is 0.228 e. The summed E-state index contributed by atoms with van der Waals surface area (Å²) in [6, 6.07) is 9.50. The van der Waals surface area contributed by atoms with Gasteiger partial charge in [0.2, 0.25) is 5.91 Å². The molecular formula is C19H28N2O3. The fourth-order valence-corrected chi connectivity index (χ4v) is 3.59. The van der Waals surface area contributed by atoms with Crippen molar-refractivity contribution in [2.75, 3.05) is 39.8 Å². The summed E-state index contributed by atoms with van der Waals surface area (Å²) in [7, 11) is 2.10. The highest BCUT2D eigenvalue weighted by Crippen LogP contribution is 2.35. The first kappa shape index (κ1) is 17.2. The number of para-hydroxylation sites is 1. The van der Waals surface area contributed by atoms with E-state index in [2.05, 4.69) is 18.9 Å². The number of aliphatic hydroxyl groups is 1. The van der Waals surface area contributed by atoms with Crippen LogP contribution < -0.4 is 4.74 Å². The monoisotopic (exact) mass is 332 g/mol. The van der Waals surface area contributed by atoms with E-state index in [4.69, 9.17) is 4.74 Å². The van der Waals surface area contributed by atoms with Crippen LogP contribution in [0.1, 0.15) is 26.2 Å². The third kappa shape index (κ3) is 3.73. The molecule has 132 valence electrons. The number of β-amino-alcohol motifs (C(OH)–C–C–N with tert-alkyl or cyclic N) is 1. The third-order valence-electron chi connectivity index (χ3n) is 5.48. The molecule has 1 unspecified atom stereocenters. The van der Waals surface area contributed by atoms with Crippen molar-refractivity contribution >= 4 is 5.91 Å². The van der Waals surface area contributed by atoms with Crippen molar-refractivity contribution in [1.82, 2.24) is 9.80 Å². The first-order valence-corrected chi connectivity index (χ1v) is 8.78. The Bertz CT molecular complexity index is 569. The predicted molar refractivity (Wildman–Crippen MR) is 92.9 cm³/mol. The van der Waals surface area contributed by atoms with Crippen molar-refractivity contribution in [2.24, 2.45) is 5.41 Å². The number of nitrogens with zero attached hydrogens (tertiary/aromatic N) is 2. The number of ether oxygens (including phenoxy) is 1. The van der Waals surface area contributed by atoms with Crippen LogP contribution in [0.25, 0.3) is 0 Å². The molecule has 0 spiro atoms. The lowest BCUT2D eigenvalue weighted by Gasteiger charge is -2.39. The summed E-state index contributed by atoms with van der Waals surface area (Å²) in [6.07, 6.45) is 2.34. The van der Waals surface area contributed by atoms with E-state index in [9.17, 15) is 9.90 Å². The summed E-state index contributed by atoms with van der Waals surface area (Å²) in [5.41, 5.74) is -1.24. The van der Waals surface area contributed by atoms with Crippen LogP contribution in [-0.2, 0) is 4.79 Å². The fourth-order valence-electron chi connectivity index (χ4n) is 3.59. The molecule has 0 aliphatic carbocycles. The van der Waals surface area contributed by atoms with E-state index >= 15 is 0 Å². The number of likely N-dealkylation sites (tertiary alicyclic amines) is 2. The van der Waals surface area contributed by atoms with Gasteiger partial charge in [-0.3, -0.25) is 4.79 Å². The highest BCUT2D eigenvalue weighted by molar-refractivity contribution is 5.83. The molecule has 0 saturated carbocycles. The molecule has 1 amide bonds. The van der Waals surface area contributed by atoms with Crippen LogP contribution >= 0.6 is 0 Å². The fraction of sp³-hybridized carbons (Fsp3) is 0.632. The van der Waals surface area contributed by atoms with Gasteiger partial charge in [-0.25, -0.2) is 0 Å². The van der Waals surface area contributed by atoms with Crippen LogP contribution in [0, 0.1) is 5.41 Å². The van der Waals surface area contributed by atoms with Crippen LogP contribution in [0.3, 0.4) is 0 Å². The van der Waals surface area contributed by atoms with Crippen molar-refractivity contribution in [3.8, 4) is 5.75 Å². The van der Waals surface area contributed by atoms with Gasteiger partial charge in [0.25, 0.3) is 0 Å². The number of hydrogen-bond donors (Lipinski definition) is 1. The Morgan fingerprint density at radius 2 is 1.83 bits per heavy atom. The highest BCUT2D eigenvalue weighted by atomic mass is 16.5. The lowest BCUT2D eigenvalue weighted by atomic mass is 9.79. The Morgan fingerprint density at radius 3 is 2.50 bits per heavy atom. The molecule has 0 bridgehead atoms. The number of rotatable bonds is 4. The minimum Gasteiger partial charge on any atom is -0.491 e. The Hall–Kier alpha value is -1.59. The lowest BCUT2D eigenvalue weighted by molar-refractivity contribution is -0.144. The van der Waals surface area contributed by atoms with E-state index in [0.29, 0.717) is 19.5 Å². The number of piperidine rings is 1. The maximum atomic E-state index is 12.9. The molecular weight excluding hydrogens is 304 g/mol. The van der Waals surface area contributed by atoms with Crippen molar-refractivity contribution in [2.45, 2.75) is 31.8 Å². The second-order valence-corrected chi connectivity index (χ2v) is 7.67. The van der Waals surface area contributed by atoms with Gasteiger partial charge in [0, 0.05) is 12.0 Å². The summed E-state index contributed by atoms with van der Waals surface area (Å²) in [5.74, 6) is 0.934. The molecule has 1 atom stereocenters. The lowest BCUT2D eigenvalue weighted by Crippen LogP contribution is -2.49. The summed E-state index contributed by atoms with van der Waals surface area (Å²) < 4.78 is 5.71. The first-order chi connectivity index (χ1) is 11.4. The molecule has 0 radical (unpaired) electrons. The SMILES string of the molecule is CN1CCC(C)(C(=O)N2CCC(O)(COc3ccccc3)C2)CC1. The Kier molecular flexibility index (Phi) is 4.83. The first-order valence-electron chi connectivity index (χ1n) is 8.78. The van der Waals surface area contributed by atoms with Gasteiger partial charge in [0.1, 0.15) is 18.0 Å². The van der Waals surface area contributed by atoms with E-state index in [-0.39, 0.29) is 17.9 Å². The Morgan fingerprint density at radius 1 is 1.17 bits per heavy atom. The van der Waals surface area contributed by atoms with E-state index in [0.717, 1.165) is 31.7 Å². The number of amides is 1. The van der Waals surface area contributed by atoms with E-state index in [1.807, 2.05) is 35.2 Å². The molecule has 2 heterocycles. The van der Waals surface area contributed by atoms with E-state index < -0.39 is 5.60 Å². The van der Waals surface area contributed by atoms with Crippen molar-refractivity contribution in [1.29, 1.82) is 0 Å². The molecule has 1 aromatic rings. The zero-order valence-corrected chi connectivity index (χ0v) is 14.7. The standard InChI is InChI=1S/C19H28N2O3/c1-18(8-11-20(2)12-9-18)17(22)21-13-10-19(23,14-21)15-24-16-6-4-3-5-7-16/h3-7,23H,8-15H2,1-2H3. The minimum atomic E-state index is -0.951. The molecule has 5 nitrogen and oxygen atoms in total. The summed E-state index contributed by atoms with van der Waals surface area (Å²) in [5, 5.41) is 10.8. The number of hydrogen-bond acceptors (Lipinski definition) is 4. The average Bonchev–Trinajstić information content (AvgIpc) is 2.99. The van der Waals surface area contributed by atoms with Crippen molar-refractivity contribution < 1.29 is 14.6 Å². The molecule has 5 heteroatoms. The van der Waals surface area contributed by atoms with E-state index in [1.54, 1.807) is 0 Å². The van der Waals surface area contributed by atoms with Crippen LogP contribution in [0.2, 0.25) is 0 Å². The third-order valence-corrected chi connectivity index (χ3v) is 5.48. The molecule has 2 aliphatic rings. The van der Waals surface area contributed by atoms with Crippen molar-refractivity contribution in [3.63, 3.8) is 0 Å². The molecule has 3 rings (SSSR count). The van der Waals surface area contributed by atoms with Gasteiger partial charge >= 0.3 is 0 Å². The molecule has 0 aromatic heterocycles. The average molecular weight is 332 g/mol. The summed E-state index contributed by atoms with van der Waals surface area (Å²) in [4.78, 5) is 17.0. The topological polar surface area (TPSA) is 53.0 Å². The number of carbonyl (C=O) groups is 1. The van der Waals surface area contributed by atoms with Gasteiger partial charge in [0.15, 0.2) is 0 Å². The molecule has 1 aromatic carbocycles. The van der Waals surface area contributed by atoms with E-state index in [1.165, 1.54) is 0 Å². The van der Waals surface area contributed by atoms with Gasteiger partial charge in [0.05, 0.1) is 6.54 Å². The largest absolute Gasteiger partial charge is 0.491 e. The van der Waals surface area contributed by atoms with Gasteiger partial charge in [-0.2, -0.15) is 0 Å². The van der Waals surface area contributed by atoms with Crippen LogP contribution in [0.15, 0.2) is 30.3 Å². The van der Waals surface area contributed by atoms with Crippen LogP contribution in [0.4, 0.5) is 0 Å². The second kappa shape index (κ2) is 6.73. The van der Waals surface area contributed by atoms with Gasteiger partial charge < -0.3 is 19.6 Å². The highest BCUT2D eigenvalue weighted by Gasteiger charge is 2.45. The molecule has 2 aliphatic heterocycles.